The summed E-state index contributed by atoms with van der Waals surface area (Å²) in [5, 5.41) is 6.88. The zero-order chi connectivity index (χ0) is 27.9. The number of hydrogen-bond acceptors (Lipinski definition) is 7. The molecule has 13 heteroatoms. The van der Waals surface area contributed by atoms with Crippen LogP contribution in [-0.4, -0.2) is 26.6 Å². The van der Waals surface area contributed by atoms with Crippen molar-refractivity contribution < 1.29 is 31.9 Å². The number of alkyl halides is 3. The molecule has 4 heterocycles. The zero-order valence-electron chi connectivity index (χ0n) is 20.5. The Morgan fingerprint density at radius 1 is 1.18 bits per heavy atom. The van der Waals surface area contributed by atoms with Crippen LogP contribution in [0.25, 0.3) is 21.5 Å². The van der Waals surface area contributed by atoms with Crippen LogP contribution in [0, 0.1) is 13.8 Å². The average Bonchev–Trinajstić information content (AvgIpc) is 3.63. The number of ether oxygens (including phenoxy) is 1. The topological polar surface area (TPSA) is 125 Å². The van der Waals surface area contributed by atoms with Crippen molar-refractivity contribution in [3.63, 3.8) is 0 Å². The van der Waals surface area contributed by atoms with Gasteiger partial charge in [0.05, 0.1) is 12.0 Å². The molecule has 2 amide bonds. The Hall–Kier alpha value is -4.65. The second kappa shape index (κ2) is 9.91. The van der Waals surface area contributed by atoms with Gasteiger partial charge in [0.2, 0.25) is 0 Å². The van der Waals surface area contributed by atoms with E-state index in [-0.39, 0.29) is 44.5 Å². The Bertz CT molecular complexity index is 1710. The Morgan fingerprint density at radius 2 is 1.97 bits per heavy atom. The molecular weight excluding hydrogens is 535 g/mol. The normalized spacial score (nSPS) is 11.6. The van der Waals surface area contributed by atoms with Crippen molar-refractivity contribution in [2.24, 2.45) is 5.73 Å². The summed E-state index contributed by atoms with van der Waals surface area (Å²) in [5.41, 5.74) is 6.26. The van der Waals surface area contributed by atoms with Crippen LogP contribution in [0.4, 0.5) is 18.9 Å². The second-order valence-corrected chi connectivity index (χ2v) is 9.62. The van der Waals surface area contributed by atoms with Gasteiger partial charge in [0, 0.05) is 17.1 Å². The van der Waals surface area contributed by atoms with Crippen molar-refractivity contribution in [3.05, 3.63) is 82.3 Å². The molecule has 0 aliphatic heterocycles. The monoisotopic (exact) mass is 555 g/mol. The average molecular weight is 556 g/mol. The first-order chi connectivity index (χ1) is 18.5. The van der Waals surface area contributed by atoms with E-state index in [1.807, 2.05) is 32.0 Å². The minimum Gasteiger partial charge on any atom is -0.471 e. The molecule has 4 aromatic heterocycles. The van der Waals surface area contributed by atoms with E-state index in [0.29, 0.717) is 17.1 Å². The minimum atomic E-state index is -4.76. The van der Waals surface area contributed by atoms with Crippen LogP contribution in [0.3, 0.4) is 0 Å². The van der Waals surface area contributed by atoms with Gasteiger partial charge in [-0.1, -0.05) is 17.7 Å². The molecule has 0 aliphatic carbocycles. The van der Waals surface area contributed by atoms with Gasteiger partial charge in [0.15, 0.2) is 12.4 Å². The van der Waals surface area contributed by atoms with Crippen molar-refractivity contribution in [1.82, 2.24) is 14.8 Å². The lowest BCUT2D eigenvalue weighted by molar-refractivity contribution is -0.140. The maximum Gasteiger partial charge on any atom is 0.433 e. The standard InChI is InChI=1S/C26H20F3N5O4S/c1-13-5-6-17(14(2)10-13)38-12-34-8-7-16(33-34)24(36)32-21-20-15(18-4-3-9-37-18)11-19(26(27,28)29)31-25(20)39-22(21)23(30)35/h3-11H,12H2,1-2H3,(H2,30,35)(H,32,36). The number of anilines is 1. The van der Waals surface area contributed by atoms with E-state index in [1.165, 1.54) is 35.3 Å². The minimum absolute atomic E-state index is 0.0104. The van der Waals surface area contributed by atoms with Gasteiger partial charge >= 0.3 is 6.18 Å². The molecule has 0 saturated carbocycles. The summed E-state index contributed by atoms with van der Waals surface area (Å²) in [6, 6.07) is 10.9. The van der Waals surface area contributed by atoms with E-state index in [1.54, 1.807) is 0 Å². The Labute approximate surface area is 223 Å². The van der Waals surface area contributed by atoms with Gasteiger partial charge in [-0.15, -0.1) is 11.3 Å². The molecule has 9 nitrogen and oxygen atoms in total. The van der Waals surface area contributed by atoms with Crippen molar-refractivity contribution in [1.29, 1.82) is 0 Å². The fraction of sp³-hybridized carbons (Fsp3) is 0.154. The number of rotatable bonds is 7. The number of hydrogen-bond donors (Lipinski definition) is 2. The molecule has 0 aliphatic rings. The van der Waals surface area contributed by atoms with Crippen molar-refractivity contribution >= 4 is 39.1 Å². The van der Waals surface area contributed by atoms with Gasteiger partial charge in [-0.25, -0.2) is 9.67 Å². The molecule has 3 N–H and O–H groups in total. The summed E-state index contributed by atoms with van der Waals surface area (Å²) in [6.45, 7) is 3.91. The van der Waals surface area contributed by atoms with Gasteiger partial charge in [-0.3, -0.25) is 9.59 Å². The van der Waals surface area contributed by atoms with E-state index in [2.05, 4.69) is 15.4 Å². The summed E-state index contributed by atoms with van der Waals surface area (Å²) in [4.78, 5) is 28.7. The molecule has 1 aromatic carbocycles. The summed E-state index contributed by atoms with van der Waals surface area (Å²) >= 11 is 0.636. The van der Waals surface area contributed by atoms with E-state index in [0.717, 1.165) is 17.2 Å². The van der Waals surface area contributed by atoms with Crippen LogP contribution in [0.1, 0.15) is 37.0 Å². The number of carbonyl (C=O) groups is 2. The number of furan rings is 1. The van der Waals surface area contributed by atoms with Crippen LogP contribution in [0.5, 0.6) is 5.75 Å². The number of amides is 2. The third-order valence-electron chi connectivity index (χ3n) is 5.76. The number of aromatic nitrogens is 3. The van der Waals surface area contributed by atoms with Crippen LogP contribution < -0.4 is 15.8 Å². The summed E-state index contributed by atoms with van der Waals surface area (Å²) in [7, 11) is 0. The Kier molecular flexibility index (Phi) is 6.60. The van der Waals surface area contributed by atoms with Gasteiger partial charge in [-0.05, 0) is 49.7 Å². The molecule has 0 spiro atoms. The summed E-state index contributed by atoms with van der Waals surface area (Å²) < 4.78 is 53.3. The number of nitrogens with zero attached hydrogens (tertiary/aromatic N) is 3. The van der Waals surface area contributed by atoms with Crippen molar-refractivity contribution in [2.45, 2.75) is 26.8 Å². The number of fused-ring (bicyclic) bond motifs is 1. The quantitative estimate of drug-likeness (QED) is 0.262. The number of halogens is 3. The Morgan fingerprint density at radius 3 is 2.64 bits per heavy atom. The highest BCUT2D eigenvalue weighted by molar-refractivity contribution is 7.21. The first-order valence-electron chi connectivity index (χ1n) is 11.4. The van der Waals surface area contributed by atoms with Crippen LogP contribution in [-0.2, 0) is 12.9 Å². The summed E-state index contributed by atoms with van der Waals surface area (Å²) in [5.74, 6) is -0.911. The third-order valence-corrected chi connectivity index (χ3v) is 6.86. The Balaban J connectivity index is 1.48. The highest BCUT2D eigenvalue weighted by atomic mass is 32.1. The number of aryl methyl sites for hydroxylation is 2. The lowest BCUT2D eigenvalue weighted by Crippen LogP contribution is -2.18. The predicted octanol–water partition coefficient (Wildman–Crippen LogP) is 5.78. The molecular formula is C26H20F3N5O4S. The highest BCUT2D eigenvalue weighted by Gasteiger charge is 2.35. The van der Waals surface area contributed by atoms with Crippen LogP contribution >= 0.6 is 11.3 Å². The SMILES string of the molecule is Cc1ccc(OCn2ccc(C(=O)Nc3c(C(N)=O)sc4nc(C(F)(F)F)cc(-c5ccco5)c34)n2)c(C)c1. The molecule has 0 fully saturated rings. The molecule has 39 heavy (non-hydrogen) atoms. The molecule has 0 bridgehead atoms. The van der Waals surface area contributed by atoms with Crippen LogP contribution in [0.15, 0.2) is 59.3 Å². The number of primary amides is 1. The molecule has 0 radical (unpaired) electrons. The van der Waals surface area contributed by atoms with E-state index >= 15 is 0 Å². The number of nitrogens with one attached hydrogen (secondary N) is 1. The molecule has 5 aromatic rings. The number of thiophene rings is 1. The third kappa shape index (κ3) is 5.21. The number of pyridine rings is 1. The lowest BCUT2D eigenvalue weighted by Gasteiger charge is -2.11. The van der Waals surface area contributed by atoms with Gasteiger partial charge in [-0.2, -0.15) is 18.3 Å². The highest BCUT2D eigenvalue weighted by Crippen LogP contribution is 2.43. The second-order valence-electron chi connectivity index (χ2n) is 8.62. The molecule has 0 unspecified atom stereocenters. The van der Waals surface area contributed by atoms with E-state index in [4.69, 9.17) is 14.9 Å². The maximum absolute atomic E-state index is 13.6. The maximum atomic E-state index is 13.6. The van der Waals surface area contributed by atoms with E-state index in [9.17, 15) is 22.8 Å². The fourth-order valence-corrected chi connectivity index (χ4v) is 5.00. The molecule has 0 atom stereocenters. The largest absolute Gasteiger partial charge is 0.471 e. The number of nitrogens with two attached hydrogens (primary N) is 1. The lowest BCUT2D eigenvalue weighted by atomic mass is 10.1. The molecule has 0 saturated heterocycles. The van der Waals surface area contributed by atoms with Crippen molar-refractivity contribution in [2.75, 3.05) is 5.32 Å². The zero-order valence-corrected chi connectivity index (χ0v) is 21.3. The van der Waals surface area contributed by atoms with Gasteiger partial charge in [0.1, 0.15) is 26.9 Å². The van der Waals surface area contributed by atoms with Gasteiger partial charge < -0.3 is 20.2 Å². The number of carbonyl (C=O) groups excluding carboxylic acids is 2. The smallest absolute Gasteiger partial charge is 0.433 e. The summed E-state index contributed by atoms with van der Waals surface area (Å²) in [6.07, 6.45) is -1.94. The van der Waals surface area contributed by atoms with E-state index < -0.39 is 23.7 Å². The predicted molar refractivity (Wildman–Crippen MR) is 138 cm³/mol. The number of benzene rings is 1. The molecule has 5 rings (SSSR count). The van der Waals surface area contributed by atoms with Crippen LogP contribution in [0.2, 0.25) is 0 Å². The molecule has 200 valence electrons. The van der Waals surface area contributed by atoms with Crippen molar-refractivity contribution in [3.8, 4) is 17.1 Å². The first kappa shape index (κ1) is 26.0. The van der Waals surface area contributed by atoms with Gasteiger partial charge in [0.25, 0.3) is 11.8 Å². The first-order valence-corrected chi connectivity index (χ1v) is 12.3. The fourth-order valence-electron chi connectivity index (χ4n) is 3.99.